The van der Waals surface area contributed by atoms with Crippen LogP contribution >= 0.6 is 11.8 Å². The summed E-state index contributed by atoms with van der Waals surface area (Å²) in [5.41, 5.74) is 2.57. The molecule has 0 aliphatic carbocycles. The topological polar surface area (TPSA) is 40.5 Å². The van der Waals surface area contributed by atoms with Crippen LogP contribution in [-0.2, 0) is 11.2 Å². The average molecular weight is 376 g/mol. The van der Waals surface area contributed by atoms with Crippen molar-refractivity contribution >= 4 is 16.9 Å². The zero-order valence-electron chi connectivity index (χ0n) is 16.1. The summed E-state index contributed by atoms with van der Waals surface area (Å²) in [5.74, 6) is 0.880. The molecule has 1 N–H and O–H groups in total. The van der Waals surface area contributed by atoms with Crippen LogP contribution in [0.4, 0.5) is 0 Å². The summed E-state index contributed by atoms with van der Waals surface area (Å²) in [5, 5.41) is 9.37. The molecular formula is C22H33NO2S. The molecule has 26 heavy (non-hydrogen) atoms. The van der Waals surface area contributed by atoms with Gasteiger partial charge in [-0.25, -0.2) is 0 Å². The molecule has 2 aliphatic rings. The van der Waals surface area contributed by atoms with E-state index in [1.165, 1.54) is 61.7 Å². The summed E-state index contributed by atoms with van der Waals surface area (Å²) in [7, 11) is 0. The van der Waals surface area contributed by atoms with Crippen molar-refractivity contribution in [2.75, 3.05) is 26.2 Å². The van der Waals surface area contributed by atoms with Gasteiger partial charge in [0.2, 0.25) is 0 Å². The van der Waals surface area contributed by atoms with Crippen LogP contribution in [0.2, 0.25) is 0 Å². The third kappa shape index (κ3) is 5.34. The highest BCUT2D eigenvalue weighted by molar-refractivity contribution is 8.13. The van der Waals surface area contributed by atoms with Crippen LogP contribution in [0, 0.1) is 5.92 Å². The van der Waals surface area contributed by atoms with E-state index in [-0.39, 0.29) is 6.61 Å². The summed E-state index contributed by atoms with van der Waals surface area (Å²) in [6.45, 7) is 6.12. The number of thioether (sulfide) groups is 1. The van der Waals surface area contributed by atoms with Crippen molar-refractivity contribution in [1.29, 1.82) is 0 Å². The first-order chi connectivity index (χ1) is 12.7. The lowest BCUT2D eigenvalue weighted by atomic mass is 9.83. The van der Waals surface area contributed by atoms with E-state index in [9.17, 15) is 4.79 Å². The van der Waals surface area contributed by atoms with Crippen LogP contribution < -0.4 is 0 Å². The van der Waals surface area contributed by atoms with Crippen LogP contribution in [0.25, 0.3) is 0 Å². The molecule has 2 aliphatic heterocycles. The Hall–Kier alpha value is -0.840. The number of aliphatic hydroxyl groups excluding tert-OH is 1. The molecule has 0 amide bonds. The third-order valence-electron chi connectivity index (χ3n) is 6.07. The molecule has 144 valence electrons. The molecule has 2 heterocycles. The molecule has 3 nitrogen and oxygen atoms in total. The van der Waals surface area contributed by atoms with Crippen molar-refractivity contribution in [2.45, 2.75) is 69.1 Å². The number of hydrogen-bond acceptors (Lipinski definition) is 4. The number of nitrogens with zero attached hydrogens (tertiary/aromatic N) is 1. The van der Waals surface area contributed by atoms with Crippen LogP contribution in [-0.4, -0.2) is 41.4 Å². The van der Waals surface area contributed by atoms with Gasteiger partial charge in [0.05, 0.1) is 0 Å². The third-order valence-corrected chi connectivity index (χ3v) is 7.03. The summed E-state index contributed by atoms with van der Waals surface area (Å²) in [6, 6.07) is 6.60. The molecule has 2 atom stereocenters. The second-order valence-corrected chi connectivity index (χ2v) is 9.07. The Bertz CT molecular complexity index is 596. The molecule has 2 unspecified atom stereocenters. The maximum Gasteiger partial charge on any atom is 0.193 e. The van der Waals surface area contributed by atoms with E-state index in [4.69, 9.17) is 5.11 Å². The lowest BCUT2D eigenvalue weighted by Crippen LogP contribution is -2.28. The predicted molar refractivity (Wildman–Crippen MR) is 109 cm³/mol. The van der Waals surface area contributed by atoms with E-state index in [0.717, 1.165) is 30.7 Å². The molecule has 1 fully saturated rings. The van der Waals surface area contributed by atoms with Crippen LogP contribution in [0.5, 0.6) is 0 Å². The molecule has 1 saturated heterocycles. The number of aryl methyl sites for hydroxylation is 1. The van der Waals surface area contributed by atoms with E-state index in [2.05, 4.69) is 30.0 Å². The Balaban J connectivity index is 1.67. The van der Waals surface area contributed by atoms with Gasteiger partial charge in [0, 0.05) is 17.9 Å². The molecule has 0 radical (unpaired) electrons. The van der Waals surface area contributed by atoms with Crippen LogP contribution in [0.15, 0.2) is 23.1 Å². The van der Waals surface area contributed by atoms with Gasteiger partial charge in [-0.2, -0.15) is 0 Å². The highest BCUT2D eigenvalue weighted by atomic mass is 32.2. The molecule has 1 aromatic rings. The molecule has 3 rings (SSSR count). The lowest BCUT2D eigenvalue weighted by molar-refractivity contribution is -0.111. The first kappa shape index (κ1) is 19.9. The van der Waals surface area contributed by atoms with Gasteiger partial charge in [-0.1, -0.05) is 43.7 Å². The molecule has 0 bridgehead atoms. The summed E-state index contributed by atoms with van der Waals surface area (Å²) in [4.78, 5) is 16.3. The largest absolute Gasteiger partial charge is 0.396 e. The molecule has 0 aromatic heterocycles. The minimum Gasteiger partial charge on any atom is -0.396 e. The van der Waals surface area contributed by atoms with E-state index < -0.39 is 0 Å². The SMILES string of the molecule is CC1c2ccc(CCCO)cc2SC(=O)CC1CCN1CCCCCC1. The number of benzene rings is 1. The number of hydrogen-bond donors (Lipinski definition) is 1. The van der Waals surface area contributed by atoms with Gasteiger partial charge in [0.15, 0.2) is 5.12 Å². The minimum atomic E-state index is 0.220. The van der Waals surface area contributed by atoms with E-state index in [0.29, 0.717) is 23.4 Å². The van der Waals surface area contributed by atoms with Crippen LogP contribution in [0.3, 0.4) is 0 Å². The second kappa shape index (κ2) is 9.91. The molecule has 4 heteroatoms. The van der Waals surface area contributed by atoms with E-state index in [1.807, 2.05) is 0 Å². The number of carbonyl (C=O) groups is 1. The zero-order valence-corrected chi connectivity index (χ0v) is 16.9. The fourth-order valence-electron chi connectivity index (χ4n) is 4.35. The number of aliphatic hydroxyl groups is 1. The van der Waals surface area contributed by atoms with Crippen molar-refractivity contribution in [3.05, 3.63) is 29.3 Å². The average Bonchev–Trinajstić information content (AvgIpc) is 2.96. The number of likely N-dealkylation sites (tertiary alicyclic amines) is 1. The predicted octanol–water partition coefficient (Wildman–Crippen LogP) is 4.62. The van der Waals surface area contributed by atoms with Crippen molar-refractivity contribution in [3.63, 3.8) is 0 Å². The van der Waals surface area contributed by atoms with Crippen molar-refractivity contribution < 1.29 is 9.90 Å². The Morgan fingerprint density at radius 3 is 2.69 bits per heavy atom. The fourth-order valence-corrected chi connectivity index (χ4v) is 5.48. The summed E-state index contributed by atoms with van der Waals surface area (Å²) >= 11 is 1.44. The number of carbonyl (C=O) groups excluding carboxylic acids is 1. The first-order valence-corrected chi connectivity index (χ1v) is 11.2. The van der Waals surface area contributed by atoms with Gasteiger partial charge < -0.3 is 10.0 Å². The highest BCUT2D eigenvalue weighted by Crippen LogP contribution is 2.41. The van der Waals surface area contributed by atoms with E-state index >= 15 is 0 Å². The number of rotatable bonds is 6. The number of fused-ring (bicyclic) bond motifs is 1. The van der Waals surface area contributed by atoms with Gasteiger partial charge >= 0.3 is 0 Å². The maximum absolute atomic E-state index is 12.5. The van der Waals surface area contributed by atoms with Gasteiger partial charge in [-0.3, -0.25) is 4.79 Å². The summed E-state index contributed by atoms with van der Waals surface area (Å²) < 4.78 is 0. The minimum absolute atomic E-state index is 0.220. The van der Waals surface area contributed by atoms with Gasteiger partial charge in [-0.15, -0.1) is 0 Å². The normalized spacial score (nSPS) is 24.8. The molecular weight excluding hydrogens is 342 g/mol. The Morgan fingerprint density at radius 1 is 1.19 bits per heavy atom. The van der Waals surface area contributed by atoms with Crippen molar-refractivity contribution in [1.82, 2.24) is 4.90 Å². The smallest absolute Gasteiger partial charge is 0.193 e. The quantitative estimate of drug-likeness (QED) is 0.788. The Morgan fingerprint density at radius 2 is 1.96 bits per heavy atom. The zero-order chi connectivity index (χ0) is 18.4. The molecule has 1 aromatic carbocycles. The van der Waals surface area contributed by atoms with Crippen molar-refractivity contribution in [3.8, 4) is 0 Å². The summed E-state index contributed by atoms with van der Waals surface area (Å²) in [6.07, 6.45) is 8.88. The standard InChI is InChI=1S/C22H33NO2S/c1-17-19(10-13-23-11-4-2-3-5-12-23)16-22(25)26-21-15-18(7-6-14-24)8-9-20(17)21/h8-9,15,17,19,24H,2-7,10-14,16H2,1H3. The first-order valence-electron chi connectivity index (χ1n) is 10.3. The fraction of sp³-hybridized carbons (Fsp3) is 0.682. The lowest BCUT2D eigenvalue weighted by Gasteiger charge is -2.26. The highest BCUT2D eigenvalue weighted by Gasteiger charge is 2.29. The van der Waals surface area contributed by atoms with E-state index in [1.54, 1.807) is 0 Å². The maximum atomic E-state index is 12.5. The monoisotopic (exact) mass is 375 g/mol. The van der Waals surface area contributed by atoms with Crippen LogP contribution in [0.1, 0.15) is 68.9 Å². The second-order valence-electron chi connectivity index (χ2n) is 7.97. The van der Waals surface area contributed by atoms with Crippen molar-refractivity contribution in [2.24, 2.45) is 5.92 Å². The Kier molecular flexibility index (Phi) is 7.59. The van der Waals surface area contributed by atoms with Gasteiger partial charge in [-0.05, 0) is 80.8 Å². The molecule has 0 spiro atoms. The Labute approximate surface area is 162 Å². The van der Waals surface area contributed by atoms with Gasteiger partial charge in [0.1, 0.15) is 0 Å². The van der Waals surface area contributed by atoms with Gasteiger partial charge in [0.25, 0.3) is 0 Å². The molecule has 0 saturated carbocycles.